The van der Waals surface area contributed by atoms with Crippen molar-refractivity contribution in [1.82, 2.24) is 10.2 Å². The molecule has 2 aromatic carbocycles. The number of halogens is 3. The number of carbonyl (C=O) groups is 2. The minimum atomic E-state index is -0.731. The SMILES string of the molecule is CC[C@H](C)NC(=O)[C@H](CC)N(Cc1c(Cl)cccc1Cl)C(=O)COc1ccc(F)cc1. The van der Waals surface area contributed by atoms with E-state index in [1.54, 1.807) is 18.2 Å². The molecule has 0 aliphatic heterocycles. The Bertz CT molecular complexity index is 873. The van der Waals surface area contributed by atoms with E-state index in [0.29, 0.717) is 27.8 Å². The molecule has 0 fully saturated rings. The van der Waals surface area contributed by atoms with E-state index in [9.17, 15) is 14.0 Å². The van der Waals surface area contributed by atoms with Crippen molar-refractivity contribution >= 4 is 35.0 Å². The third-order valence-electron chi connectivity index (χ3n) is 4.95. The molecule has 0 saturated carbocycles. The van der Waals surface area contributed by atoms with Crippen LogP contribution in [0.5, 0.6) is 5.75 Å². The normalized spacial score (nSPS) is 12.7. The standard InChI is InChI=1S/C23H27Cl2FN2O3/c1-4-15(3)27-23(30)21(5-2)28(13-18-19(24)7-6-8-20(18)25)22(29)14-31-17-11-9-16(26)10-12-17/h6-12,15,21H,4-5,13-14H2,1-3H3,(H,27,30)/t15-,21-/m0/s1. The highest BCUT2D eigenvalue weighted by atomic mass is 35.5. The van der Waals surface area contributed by atoms with Gasteiger partial charge in [-0.2, -0.15) is 0 Å². The Hall–Kier alpha value is -2.31. The molecule has 2 amide bonds. The highest BCUT2D eigenvalue weighted by Crippen LogP contribution is 2.27. The van der Waals surface area contributed by atoms with Crippen molar-refractivity contribution in [3.05, 3.63) is 63.9 Å². The van der Waals surface area contributed by atoms with Gasteiger partial charge in [0.25, 0.3) is 5.91 Å². The van der Waals surface area contributed by atoms with Gasteiger partial charge in [-0.1, -0.05) is 43.1 Å². The monoisotopic (exact) mass is 468 g/mol. The second kappa shape index (κ2) is 11.9. The largest absolute Gasteiger partial charge is 0.484 e. The van der Waals surface area contributed by atoms with Gasteiger partial charge in [0, 0.05) is 28.2 Å². The summed E-state index contributed by atoms with van der Waals surface area (Å²) in [5.41, 5.74) is 0.552. The zero-order valence-corrected chi connectivity index (χ0v) is 19.3. The molecule has 2 aromatic rings. The molecule has 168 valence electrons. The summed E-state index contributed by atoms with van der Waals surface area (Å²) in [6.45, 7) is 5.43. The zero-order valence-electron chi connectivity index (χ0n) is 17.8. The number of hydrogen-bond acceptors (Lipinski definition) is 3. The number of benzene rings is 2. The van der Waals surface area contributed by atoms with E-state index in [4.69, 9.17) is 27.9 Å². The lowest BCUT2D eigenvalue weighted by molar-refractivity contribution is -0.143. The first-order valence-corrected chi connectivity index (χ1v) is 10.9. The van der Waals surface area contributed by atoms with Crippen molar-refractivity contribution in [2.75, 3.05) is 6.61 Å². The molecule has 0 bridgehead atoms. The van der Waals surface area contributed by atoms with E-state index in [0.717, 1.165) is 6.42 Å². The van der Waals surface area contributed by atoms with Crippen LogP contribution in [0.4, 0.5) is 4.39 Å². The van der Waals surface area contributed by atoms with Crippen LogP contribution in [0.1, 0.15) is 39.2 Å². The molecule has 0 unspecified atom stereocenters. The number of carbonyl (C=O) groups excluding carboxylic acids is 2. The van der Waals surface area contributed by atoms with Gasteiger partial charge >= 0.3 is 0 Å². The zero-order chi connectivity index (χ0) is 23.0. The molecule has 8 heteroatoms. The van der Waals surface area contributed by atoms with Crippen LogP contribution in [0.2, 0.25) is 10.0 Å². The molecule has 0 heterocycles. The summed E-state index contributed by atoms with van der Waals surface area (Å²) in [4.78, 5) is 27.5. The van der Waals surface area contributed by atoms with Gasteiger partial charge in [0.15, 0.2) is 6.61 Å². The predicted octanol–water partition coefficient (Wildman–Crippen LogP) is 5.23. The first-order chi connectivity index (χ1) is 14.8. The molecule has 0 spiro atoms. The van der Waals surface area contributed by atoms with Crippen LogP contribution in [-0.2, 0) is 16.1 Å². The van der Waals surface area contributed by atoms with Gasteiger partial charge in [-0.25, -0.2) is 4.39 Å². The summed E-state index contributed by atoms with van der Waals surface area (Å²) in [7, 11) is 0. The fraction of sp³-hybridized carbons (Fsp3) is 0.391. The second-order valence-electron chi connectivity index (χ2n) is 7.21. The van der Waals surface area contributed by atoms with Gasteiger partial charge in [0.05, 0.1) is 0 Å². The van der Waals surface area contributed by atoms with Crippen molar-refractivity contribution in [2.45, 2.75) is 52.2 Å². The summed E-state index contributed by atoms with van der Waals surface area (Å²) in [5.74, 6) is -0.717. The smallest absolute Gasteiger partial charge is 0.261 e. The maximum atomic E-state index is 13.1. The topological polar surface area (TPSA) is 58.6 Å². The first-order valence-electron chi connectivity index (χ1n) is 10.2. The van der Waals surface area contributed by atoms with Gasteiger partial charge in [0.1, 0.15) is 17.6 Å². The van der Waals surface area contributed by atoms with Crippen LogP contribution < -0.4 is 10.1 Å². The number of rotatable bonds is 10. The van der Waals surface area contributed by atoms with E-state index >= 15 is 0 Å². The predicted molar refractivity (Wildman–Crippen MR) is 121 cm³/mol. The molecule has 1 N–H and O–H groups in total. The van der Waals surface area contributed by atoms with Crippen LogP contribution in [-0.4, -0.2) is 35.4 Å². The minimum absolute atomic E-state index is 0.0298. The number of ether oxygens (including phenoxy) is 1. The highest BCUT2D eigenvalue weighted by molar-refractivity contribution is 6.36. The fourth-order valence-electron chi connectivity index (χ4n) is 2.97. The minimum Gasteiger partial charge on any atom is -0.484 e. The molecule has 2 rings (SSSR count). The van der Waals surface area contributed by atoms with Gasteiger partial charge in [-0.3, -0.25) is 9.59 Å². The molecule has 31 heavy (non-hydrogen) atoms. The maximum absolute atomic E-state index is 13.1. The van der Waals surface area contributed by atoms with Gasteiger partial charge in [0.2, 0.25) is 5.91 Å². The molecule has 0 aromatic heterocycles. The van der Waals surface area contributed by atoms with Crippen molar-refractivity contribution in [2.24, 2.45) is 0 Å². The van der Waals surface area contributed by atoms with E-state index < -0.39 is 17.8 Å². The summed E-state index contributed by atoms with van der Waals surface area (Å²) in [5, 5.41) is 3.74. The molecule has 0 saturated heterocycles. The molecule has 0 aliphatic carbocycles. The average molecular weight is 469 g/mol. The summed E-state index contributed by atoms with van der Waals surface area (Å²) < 4.78 is 18.6. The Labute approximate surface area is 192 Å². The number of hydrogen-bond donors (Lipinski definition) is 1. The van der Waals surface area contributed by atoms with E-state index in [1.165, 1.54) is 29.2 Å². The maximum Gasteiger partial charge on any atom is 0.261 e. The molecule has 5 nitrogen and oxygen atoms in total. The lowest BCUT2D eigenvalue weighted by atomic mass is 10.1. The quantitative estimate of drug-likeness (QED) is 0.518. The summed E-state index contributed by atoms with van der Waals surface area (Å²) >= 11 is 12.6. The molecule has 2 atom stereocenters. The Kier molecular flexibility index (Phi) is 9.59. The number of nitrogens with zero attached hydrogens (tertiary/aromatic N) is 1. The van der Waals surface area contributed by atoms with E-state index in [2.05, 4.69) is 5.32 Å². The van der Waals surface area contributed by atoms with Gasteiger partial charge < -0.3 is 15.0 Å². The fourth-order valence-corrected chi connectivity index (χ4v) is 3.49. The van der Waals surface area contributed by atoms with Crippen molar-refractivity contribution in [3.63, 3.8) is 0 Å². The third-order valence-corrected chi connectivity index (χ3v) is 5.66. The lowest BCUT2D eigenvalue weighted by Crippen LogP contribution is -2.51. The Morgan fingerprint density at radius 2 is 1.68 bits per heavy atom. The Morgan fingerprint density at radius 1 is 1.06 bits per heavy atom. The molecular formula is C23H27Cl2FN2O3. The van der Waals surface area contributed by atoms with Crippen molar-refractivity contribution < 1.29 is 18.7 Å². The lowest BCUT2D eigenvalue weighted by Gasteiger charge is -2.31. The van der Waals surface area contributed by atoms with Crippen LogP contribution in [0, 0.1) is 5.82 Å². The number of amides is 2. The van der Waals surface area contributed by atoms with E-state index in [-0.39, 0.29) is 25.1 Å². The summed E-state index contributed by atoms with van der Waals surface area (Å²) in [6, 6.07) is 9.68. The first kappa shape index (κ1) is 25.0. The average Bonchev–Trinajstić information content (AvgIpc) is 2.74. The van der Waals surface area contributed by atoms with Gasteiger partial charge in [-0.15, -0.1) is 0 Å². The van der Waals surface area contributed by atoms with Crippen LogP contribution >= 0.6 is 23.2 Å². The molecule has 0 radical (unpaired) electrons. The van der Waals surface area contributed by atoms with Crippen LogP contribution in [0.3, 0.4) is 0 Å². The van der Waals surface area contributed by atoms with E-state index in [1.807, 2.05) is 20.8 Å². The Morgan fingerprint density at radius 3 is 2.23 bits per heavy atom. The third kappa shape index (κ3) is 7.11. The highest BCUT2D eigenvalue weighted by Gasteiger charge is 2.30. The summed E-state index contributed by atoms with van der Waals surface area (Å²) in [6.07, 6.45) is 1.16. The second-order valence-corrected chi connectivity index (χ2v) is 8.02. The Balaban J connectivity index is 2.27. The van der Waals surface area contributed by atoms with Crippen molar-refractivity contribution in [3.8, 4) is 5.75 Å². The molecule has 0 aliphatic rings. The van der Waals surface area contributed by atoms with Crippen molar-refractivity contribution in [1.29, 1.82) is 0 Å². The number of nitrogens with one attached hydrogen (secondary N) is 1. The van der Waals surface area contributed by atoms with Gasteiger partial charge in [-0.05, 0) is 56.2 Å². The molecular weight excluding hydrogens is 442 g/mol. The van der Waals surface area contributed by atoms with Crippen LogP contribution in [0.25, 0.3) is 0 Å². The van der Waals surface area contributed by atoms with Crippen LogP contribution in [0.15, 0.2) is 42.5 Å².